The van der Waals surface area contributed by atoms with Crippen LogP contribution in [-0.4, -0.2) is 20.6 Å². The third-order valence-corrected chi connectivity index (χ3v) is 4.96. The molecular weight excluding hydrogens is 474 g/mol. The molecule has 1 aromatic heterocycles. The number of carboxylic acid groups (broad SMARTS) is 1. The fourth-order valence-electron chi connectivity index (χ4n) is 2.57. The van der Waals surface area contributed by atoms with Gasteiger partial charge in [-0.3, -0.25) is 9.36 Å². The van der Waals surface area contributed by atoms with Gasteiger partial charge in [-0.25, -0.2) is 13.6 Å². The Balaban J connectivity index is 1.96. The molecular formula is C19H12BrClF2N2O4. The molecule has 0 aliphatic rings. The SMILES string of the molecule is Cc1nc(OCc2ccc(F)cc2F)c(Br)c(=O)n1-c1ccc(C(=O)O)cc1Cl. The predicted octanol–water partition coefficient (Wildman–Crippen LogP) is 4.51. The van der Waals surface area contributed by atoms with Crippen LogP contribution in [0.4, 0.5) is 8.78 Å². The smallest absolute Gasteiger partial charge is 0.335 e. The van der Waals surface area contributed by atoms with Gasteiger partial charge in [-0.15, -0.1) is 0 Å². The summed E-state index contributed by atoms with van der Waals surface area (Å²) in [6.45, 7) is 1.26. The van der Waals surface area contributed by atoms with Crippen molar-refractivity contribution < 1.29 is 23.4 Å². The number of ether oxygens (including phenoxy) is 1. The molecule has 0 fully saturated rings. The van der Waals surface area contributed by atoms with Gasteiger partial charge in [0, 0.05) is 11.6 Å². The molecule has 10 heteroatoms. The van der Waals surface area contributed by atoms with Crippen molar-refractivity contribution in [2.45, 2.75) is 13.5 Å². The van der Waals surface area contributed by atoms with Gasteiger partial charge in [-0.1, -0.05) is 11.6 Å². The molecule has 150 valence electrons. The van der Waals surface area contributed by atoms with Gasteiger partial charge in [0.1, 0.15) is 28.5 Å². The second-order valence-electron chi connectivity index (χ2n) is 5.91. The zero-order valence-electron chi connectivity index (χ0n) is 14.7. The van der Waals surface area contributed by atoms with E-state index in [9.17, 15) is 18.4 Å². The molecule has 0 saturated heterocycles. The number of benzene rings is 2. The molecule has 0 aliphatic carbocycles. The topological polar surface area (TPSA) is 81.4 Å². The number of nitrogens with zero attached hydrogens (tertiary/aromatic N) is 2. The van der Waals surface area contributed by atoms with Crippen molar-refractivity contribution in [3.05, 3.63) is 84.8 Å². The lowest BCUT2D eigenvalue weighted by Crippen LogP contribution is -2.24. The van der Waals surface area contributed by atoms with E-state index in [0.29, 0.717) is 0 Å². The van der Waals surface area contributed by atoms with E-state index in [4.69, 9.17) is 21.4 Å². The highest BCUT2D eigenvalue weighted by Gasteiger charge is 2.18. The standard InChI is InChI=1S/C19H12BrClF2N2O4/c1-9-24-17(29-8-11-2-4-12(22)7-14(11)23)16(20)18(26)25(9)15-5-3-10(19(27)28)6-13(15)21/h2-7H,8H2,1H3,(H,27,28). The Morgan fingerprint density at radius 1 is 1.28 bits per heavy atom. The molecule has 6 nitrogen and oxygen atoms in total. The number of hydrogen-bond acceptors (Lipinski definition) is 4. The molecule has 29 heavy (non-hydrogen) atoms. The molecule has 0 bridgehead atoms. The average Bonchev–Trinajstić information content (AvgIpc) is 2.65. The summed E-state index contributed by atoms with van der Waals surface area (Å²) < 4.78 is 33.3. The maximum absolute atomic E-state index is 13.8. The van der Waals surface area contributed by atoms with Gasteiger partial charge in [-0.05, 0) is 53.2 Å². The third kappa shape index (κ3) is 4.30. The number of aromatic nitrogens is 2. The maximum atomic E-state index is 13.8. The van der Waals surface area contributed by atoms with Gasteiger partial charge in [0.05, 0.1) is 16.3 Å². The van der Waals surface area contributed by atoms with Crippen molar-refractivity contribution in [1.82, 2.24) is 9.55 Å². The summed E-state index contributed by atoms with van der Waals surface area (Å²) in [7, 11) is 0. The highest BCUT2D eigenvalue weighted by atomic mass is 79.9. The summed E-state index contributed by atoms with van der Waals surface area (Å²) >= 11 is 9.26. The Morgan fingerprint density at radius 3 is 2.62 bits per heavy atom. The largest absolute Gasteiger partial charge is 0.478 e. The van der Waals surface area contributed by atoms with Gasteiger partial charge >= 0.3 is 5.97 Å². The molecule has 3 rings (SSSR count). The fourth-order valence-corrected chi connectivity index (χ4v) is 3.21. The van der Waals surface area contributed by atoms with E-state index in [2.05, 4.69) is 20.9 Å². The number of hydrogen-bond donors (Lipinski definition) is 1. The van der Waals surface area contributed by atoms with E-state index in [1.807, 2.05) is 0 Å². The van der Waals surface area contributed by atoms with Crippen LogP contribution >= 0.6 is 27.5 Å². The molecule has 0 aliphatic heterocycles. The predicted molar refractivity (Wildman–Crippen MR) is 105 cm³/mol. The first kappa shape index (κ1) is 20.9. The van der Waals surface area contributed by atoms with E-state index in [0.717, 1.165) is 12.1 Å². The van der Waals surface area contributed by atoms with Gasteiger partial charge < -0.3 is 9.84 Å². The van der Waals surface area contributed by atoms with Gasteiger partial charge in [-0.2, -0.15) is 4.98 Å². The monoisotopic (exact) mass is 484 g/mol. The van der Waals surface area contributed by atoms with Crippen molar-refractivity contribution in [2.75, 3.05) is 0 Å². The number of halogens is 4. The number of aromatic carboxylic acids is 1. The Bertz CT molecular complexity index is 1180. The molecule has 0 spiro atoms. The quantitative estimate of drug-likeness (QED) is 0.575. The molecule has 0 amide bonds. The van der Waals surface area contributed by atoms with Crippen molar-refractivity contribution in [2.24, 2.45) is 0 Å². The Labute approximate surface area is 176 Å². The number of rotatable bonds is 5. The van der Waals surface area contributed by atoms with Crippen molar-refractivity contribution in [3.8, 4) is 11.6 Å². The molecule has 3 aromatic rings. The summed E-state index contributed by atoms with van der Waals surface area (Å²) in [5, 5.41) is 9.08. The van der Waals surface area contributed by atoms with E-state index < -0.39 is 23.2 Å². The van der Waals surface area contributed by atoms with Crippen LogP contribution in [-0.2, 0) is 6.61 Å². The van der Waals surface area contributed by atoms with Crippen LogP contribution < -0.4 is 10.3 Å². The first-order valence-corrected chi connectivity index (χ1v) is 9.25. The minimum atomic E-state index is -1.15. The molecule has 0 saturated carbocycles. The van der Waals surface area contributed by atoms with Crippen LogP contribution in [0.3, 0.4) is 0 Å². The summed E-state index contributed by atoms with van der Waals surface area (Å²) in [6, 6.07) is 6.98. The molecule has 2 aromatic carbocycles. The first-order valence-electron chi connectivity index (χ1n) is 8.08. The van der Waals surface area contributed by atoms with Gasteiger partial charge in [0.2, 0.25) is 5.88 Å². The van der Waals surface area contributed by atoms with Crippen molar-refractivity contribution in [1.29, 1.82) is 0 Å². The fraction of sp³-hybridized carbons (Fsp3) is 0.105. The van der Waals surface area contributed by atoms with Crippen LogP contribution in [0.15, 0.2) is 45.7 Å². The lowest BCUT2D eigenvalue weighted by atomic mass is 10.2. The second kappa shape index (κ2) is 8.30. The van der Waals surface area contributed by atoms with Crippen LogP contribution in [0.1, 0.15) is 21.7 Å². The lowest BCUT2D eigenvalue weighted by molar-refractivity contribution is 0.0697. The normalized spacial score (nSPS) is 10.8. The maximum Gasteiger partial charge on any atom is 0.335 e. The molecule has 0 unspecified atom stereocenters. The molecule has 0 atom stereocenters. The number of aryl methyl sites for hydroxylation is 1. The van der Waals surface area contributed by atoms with E-state index in [1.54, 1.807) is 0 Å². The van der Waals surface area contributed by atoms with E-state index in [-0.39, 0.29) is 44.6 Å². The number of carbonyl (C=O) groups is 1. The molecule has 1 heterocycles. The van der Waals surface area contributed by atoms with Crippen molar-refractivity contribution >= 4 is 33.5 Å². The van der Waals surface area contributed by atoms with Gasteiger partial charge in [0.25, 0.3) is 5.56 Å². The highest BCUT2D eigenvalue weighted by molar-refractivity contribution is 9.10. The van der Waals surface area contributed by atoms with Gasteiger partial charge in [0.15, 0.2) is 0 Å². The summed E-state index contributed by atoms with van der Waals surface area (Å²) in [5.41, 5.74) is -0.257. The highest BCUT2D eigenvalue weighted by Crippen LogP contribution is 2.26. The van der Waals surface area contributed by atoms with E-state index in [1.165, 1.54) is 35.8 Å². The zero-order valence-corrected chi connectivity index (χ0v) is 17.1. The van der Waals surface area contributed by atoms with E-state index >= 15 is 0 Å². The lowest BCUT2D eigenvalue weighted by Gasteiger charge is -2.15. The Kier molecular flexibility index (Phi) is 5.99. The first-order chi connectivity index (χ1) is 13.7. The minimum absolute atomic E-state index is 0.0299. The average molecular weight is 486 g/mol. The zero-order chi connectivity index (χ0) is 21.3. The summed E-state index contributed by atoms with van der Waals surface area (Å²) in [4.78, 5) is 28.0. The molecule has 1 N–H and O–H groups in total. The van der Waals surface area contributed by atoms with Crippen LogP contribution in [0, 0.1) is 18.6 Å². The van der Waals surface area contributed by atoms with Crippen LogP contribution in [0.5, 0.6) is 5.88 Å². The third-order valence-electron chi connectivity index (χ3n) is 3.98. The number of carboxylic acids is 1. The molecule has 0 radical (unpaired) electrons. The van der Waals surface area contributed by atoms with Crippen molar-refractivity contribution in [3.63, 3.8) is 0 Å². The minimum Gasteiger partial charge on any atom is -0.478 e. The Hall–Kier alpha value is -2.78. The second-order valence-corrected chi connectivity index (χ2v) is 7.11. The Morgan fingerprint density at radius 2 is 2.00 bits per heavy atom. The van der Waals surface area contributed by atoms with Crippen LogP contribution in [0.2, 0.25) is 5.02 Å². The van der Waals surface area contributed by atoms with Crippen LogP contribution in [0.25, 0.3) is 5.69 Å². The summed E-state index contributed by atoms with van der Waals surface area (Å²) in [5.74, 6) is -2.52. The summed E-state index contributed by atoms with van der Waals surface area (Å²) in [6.07, 6.45) is 0.